The van der Waals surface area contributed by atoms with Crippen molar-refractivity contribution in [1.82, 2.24) is 5.32 Å². The quantitative estimate of drug-likeness (QED) is 0.758. The van der Waals surface area contributed by atoms with E-state index in [9.17, 15) is 5.11 Å². The minimum absolute atomic E-state index is 0.342. The summed E-state index contributed by atoms with van der Waals surface area (Å²) in [4.78, 5) is 1.31. The summed E-state index contributed by atoms with van der Waals surface area (Å²) in [6.45, 7) is 5.21. The Balaban J connectivity index is 1.95. The van der Waals surface area contributed by atoms with Crippen molar-refractivity contribution in [2.45, 2.75) is 31.2 Å². The van der Waals surface area contributed by atoms with E-state index in [-0.39, 0.29) is 0 Å². The van der Waals surface area contributed by atoms with Gasteiger partial charge in [0.1, 0.15) is 5.75 Å². The maximum Gasteiger partial charge on any atom is 0.115 e. The van der Waals surface area contributed by atoms with E-state index in [2.05, 4.69) is 49.5 Å². The summed E-state index contributed by atoms with van der Waals surface area (Å²) in [5.41, 5.74) is 2.47. The lowest BCUT2D eigenvalue weighted by Gasteiger charge is -2.18. The summed E-state index contributed by atoms with van der Waals surface area (Å²) >= 11 is 1.88. The zero-order chi connectivity index (χ0) is 15.1. The second kappa shape index (κ2) is 8.11. The molecule has 2 nitrogen and oxygen atoms in total. The van der Waals surface area contributed by atoms with E-state index < -0.39 is 0 Å². The van der Waals surface area contributed by atoms with Crippen LogP contribution in [-0.4, -0.2) is 23.4 Å². The van der Waals surface area contributed by atoms with Gasteiger partial charge in [-0.1, -0.05) is 36.8 Å². The summed E-state index contributed by atoms with van der Waals surface area (Å²) in [5.74, 6) is 1.36. The summed E-state index contributed by atoms with van der Waals surface area (Å²) < 4.78 is 0. The van der Waals surface area contributed by atoms with Gasteiger partial charge in [0.25, 0.3) is 0 Å². The number of aryl methyl sites for hydroxylation is 1. The Morgan fingerprint density at radius 3 is 2.67 bits per heavy atom. The Kier molecular flexibility index (Phi) is 6.15. The summed E-state index contributed by atoms with van der Waals surface area (Å²) in [6.07, 6.45) is 0.932. The van der Waals surface area contributed by atoms with Crippen LogP contribution in [0.1, 0.15) is 18.1 Å². The maximum atomic E-state index is 9.57. The van der Waals surface area contributed by atoms with Crippen molar-refractivity contribution >= 4 is 11.8 Å². The SMILES string of the molecule is CCNC(CSc1cccc(C)c1)Cc1cccc(O)c1. The number of rotatable bonds is 7. The van der Waals surface area contributed by atoms with Gasteiger partial charge in [-0.05, 0) is 49.7 Å². The maximum absolute atomic E-state index is 9.57. The third-order valence-corrected chi connectivity index (χ3v) is 4.48. The van der Waals surface area contributed by atoms with Crippen LogP contribution in [0.2, 0.25) is 0 Å². The van der Waals surface area contributed by atoms with Crippen molar-refractivity contribution in [3.63, 3.8) is 0 Å². The molecule has 0 radical (unpaired) electrons. The standard InChI is InChI=1S/C18H23NOS/c1-3-19-16(11-15-7-5-8-17(20)12-15)13-21-18-9-4-6-14(2)10-18/h4-10,12,16,19-20H,3,11,13H2,1-2H3. The average Bonchev–Trinajstić information content (AvgIpc) is 2.45. The molecule has 0 amide bonds. The molecule has 0 aliphatic rings. The molecule has 0 saturated carbocycles. The lowest BCUT2D eigenvalue weighted by Crippen LogP contribution is -2.33. The van der Waals surface area contributed by atoms with Crippen LogP contribution in [0, 0.1) is 6.92 Å². The van der Waals surface area contributed by atoms with Gasteiger partial charge in [0.15, 0.2) is 0 Å². The van der Waals surface area contributed by atoms with Crippen LogP contribution in [0.25, 0.3) is 0 Å². The molecular weight excluding hydrogens is 278 g/mol. The number of hydrogen-bond donors (Lipinski definition) is 2. The van der Waals surface area contributed by atoms with E-state index >= 15 is 0 Å². The summed E-state index contributed by atoms with van der Waals surface area (Å²) in [5, 5.41) is 13.1. The number of hydrogen-bond acceptors (Lipinski definition) is 3. The minimum Gasteiger partial charge on any atom is -0.508 e. The molecule has 21 heavy (non-hydrogen) atoms. The highest BCUT2D eigenvalue weighted by Gasteiger charge is 2.09. The fraction of sp³-hybridized carbons (Fsp3) is 0.333. The summed E-state index contributed by atoms with van der Waals surface area (Å²) in [6, 6.07) is 16.6. The molecule has 0 aliphatic carbocycles. The number of thioether (sulfide) groups is 1. The smallest absolute Gasteiger partial charge is 0.115 e. The van der Waals surface area contributed by atoms with Crippen LogP contribution in [0.3, 0.4) is 0 Å². The van der Waals surface area contributed by atoms with Gasteiger partial charge in [0, 0.05) is 16.7 Å². The molecule has 2 rings (SSSR count). The Labute approximate surface area is 131 Å². The van der Waals surface area contributed by atoms with Gasteiger partial charge in [-0.3, -0.25) is 0 Å². The Bertz CT molecular complexity index is 571. The molecule has 0 saturated heterocycles. The lowest BCUT2D eigenvalue weighted by molar-refractivity contribution is 0.473. The number of aromatic hydroxyl groups is 1. The molecule has 1 unspecified atom stereocenters. The zero-order valence-electron chi connectivity index (χ0n) is 12.7. The van der Waals surface area contributed by atoms with E-state index in [1.165, 1.54) is 16.0 Å². The molecule has 2 N–H and O–H groups in total. The number of likely N-dealkylation sites (N-methyl/N-ethyl adjacent to an activating group) is 1. The molecule has 0 aromatic heterocycles. The normalized spacial score (nSPS) is 12.3. The molecule has 0 spiro atoms. The van der Waals surface area contributed by atoms with Crippen molar-refractivity contribution in [3.05, 3.63) is 59.7 Å². The highest BCUT2D eigenvalue weighted by molar-refractivity contribution is 7.99. The minimum atomic E-state index is 0.342. The molecule has 3 heteroatoms. The van der Waals surface area contributed by atoms with Gasteiger partial charge in [-0.15, -0.1) is 11.8 Å². The molecule has 1 atom stereocenters. The van der Waals surface area contributed by atoms with E-state index in [1.54, 1.807) is 6.07 Å². The van der Waals surface area contributed by atoms with Crippen LogP contribution < -0.4 is 5.32 Å². The molecule has 0 fully saturated rings. The van der Waals surface area contributed by atoms with E-state index in [0.717, 1.165) is 18.7 Å². The summed E-state index contributed by atoms with van der Waals surface area (Å²) in [7, 11) is 0. The van der Waals surface area contributed by atoms with Crippen molar-refractivity contribution in [1.29, 1.82) is 0 Å². The van der Waals surface area contributed by atoms with Crippen molar-refractivity contribution in [2.24, 2.45) is 0 Å². The second-order valence-corrected chi connectivity index (χ2v) is 6.35. The van der Waals surface area contributed by atoms with Crippen molar-refractivity contribution < 1.29 is 5.11 Å². The number of phenols is 1. The predicted molar refractivity (Wildman–Crippen MR) is 91.2 cm³/mol. The third-order valence-electron chi connectivity index (χ3n) is 3.33. The molecule has 112 valence electrons. The van der Waals surface area contributed by atoms with Crippen LogP contribution >= 0.6 is 11.8 Å². The van der Waals surface area contributed by atoms with Gasteiger partial charge in [-0.25, -0.2) is 0 Å². The Morgan fingerprint density at radius 1 is 1.14 bits per heavy atom. The van der Waals surface area contributed by atoms with Crippen molar-refractivity contribution in [2.75, 3.05) is 12.3 Å². The highest BCUT2D eigenvalue weighted by atomic mass is 32.2. The van der Waals surface area contributed by atoms with Gasteiger partial charge in [0.05, 0.1) is 0 Å². The van der Waals surface area contributed by atoms with E-state index in [0.29, 0.717) is 11.8 Å². The monoisotopic (exact) mass is 301 g/mol. The zero-order valence-corrected chi connectivity index (χ0v) is 13.5. The fourth-order valence-corrected chi connectivity index (χ4v) is 3.42. The fourth-order valence-electron chi connectivity index (χ4n) is 2.35. The molecule has 0 bridgehead atoms. The molecule has 2 aromatic rings. The van der Waals surface area contributed by atoms with Gasteiger partial charge >= 0.3 is 0 Å². The van der Waals surface area contributed by atoms with Crippen LogP contribution in [0.5, 0.6) is 5.75 Å². The number of benzene rings is 2. The first-order valence-electron chi connectivity index (χ1n) is 7.38. The number of phenolic OH excluding ortho intramolecular Hbond substituents is 1. The molecule has 0 heterocycles. The van der Waals surface area contributed by atoms with E-state index in [1.807, 2.05) is 23.9 Å². The average molecular weight is 301 g/mol. The lowest BCUT2D eigenvalue weighted by atomic mass is 10.1. The largest absolute Gasteiger partial charge is 0.508 e. The molecule has 0 aliphatic heterocycles. The highest BCUT2D eigenvalue weighted by Crippen LogP contribution is 2.21. The first kappa shape index (κ1) is 15.9. The number of nitrogens with one attached hydrogen (secondary N) is 1. The Hall–Kier alpha value is -1.45. The van der Waals surface area contributed by atoms with Crippen LogP contribution in [0.15, 0.2) is 53.4 Å². The second-order valence-electron chi connectivity index (χ2n) is 5.26. The third kappa shape index (κ3) is 5.44. The van der Waals surface area contributed by atoms with Crippen LogP contribution in [0.4, 0.5) is 0 Å². The first-order valence-corrected chi connectivity index (χ1v) is 8.36. The topological polar surface area (TPSA) is 32.3 Å². The van der Waals surface area contributed by atoms with Gasteiger partial charge in [0.2, 0.25) is 0 Å². The Morgan fingerprint density at radius 2 is 1.95 bits per heavy atom. The molecular formula is C18H23NOS. The van der Waals surface area contributed by atoms with E-state index in [4.69, 9.17) is 0 Å². The van der Waals surface area contributed by atoms with Crippen molar-refractivity contribution in [3.8, 4) is 5.75 Å². The molecule has 2 aromatic carbocycles. The van der Waals surface area contributed by atoms with Crippen LogP contribution in [-0.2, 0) is 6.42 Å². The van der Waals surface area contributed by atoms with Gasteiger partial charge in [-0.2, -0.15) is 0 Å². The first-order chi connectivity index (χ1) is 10.2. The van der Waals surface area contributed by atoms with Gasteiger partial charge < -0.3 is 10.4 Å². The predicted octanol–water partition coefficient (Wildman–Crippen LogP) is 4.01.